The number of carbonyl (C=O) groups excluding carboxylic acids is 1. The first-order valence-corrected chi connectivity index (χ1v) is 4.97. The number of nitrogens with two attached hydrogens (primary N) is 1. The molecular weight excluding hydrogens is 196 g/mol. The summed E-state index contributed by atoms with van der Waals surface area (Å²) in [6.07, 6.45) is 2.60. The summed E-state index contributed by atoms with van der Waals surface area (Å²) in [4.78, 5) is 15.3. The van der Waals surface area contributed by atoms with E-state index in [4.69, 9.17) is 10.3 Å². The zero-order valence-corrected chi connectivity index (χ0v) is 8.77. The van der Waals surface area contributed by atoms with E-state index < -0.39 is 0 Å². The molecule has 0 aliphatic rings. The maximum atomic E-state index is 11.4. The molecule has 1 heterocycles. The molecule has 0 aromatic carbocycles. The third-order valence-corrected chi connectivity index (χ3v) is 2.09. The number of nitrogens with zero attached hydrogens (tertiary/aromatic N) is 2. The number of hydrogen-bond donors (Lipinski definition) is 2. The van der Waals surface area contributed by atoms with Crippen molar-refractivity contribution in [1.82, 2.24) is 15.5 Å². The number of hydrogen-bond acceptors (Lipinski definition) is 5. The minimum absolute atomic E-state index is 0.0139. The molecule has 0 spiro atoms. The normalized spacial score (nSPS) is 12.4. The van der Waals surface area contributed by atoms with Crippen LogP contribution in [0, 0.1) is 5.92 Å². The van der Waals surface area contributed by atoms with Crippen molar-refractivity contribution in [3.8, 4) is 0 Å². The monoisotopic (exact) mass is 212 g/mol. The van der Waals surface area contributed by atoms with Crippen LogP contribution in [0.1, 0.15) is 19.2 Å². The molecule has 0 aliphatic heterocycles. The molecule has 0 aliphatic carbocycles. The first kappa shape index (κ1) is 11.6. The van der Waals surface area contributed by atoms with Gasteiger partial charge in [0.05, 0.1) is 0 Å². The van der Waals surface area contributed by atoms with Crippen molar-refractivity contribution in [2.75, 3.05) is 13.1 Å². The van der Waals surface area contributed by atoms with Crippen LogP contribution in [-0.4, -0.2) is 29.1 Å². The molecule has 0 bridgehead atoms. The van der Waals surface area contributed by atoms with Crippen molar-refractivity contribution in [2.45, 2.75) is 19.8 Å². The van der Waals surface area contributed by atoms with Gasteiger partial charge in [0.15, 0.2) is 6.33 Å². The molecule has 0 radical (unpaired) electrons. The van der Waals surface area contributed by atoms with E-state index in [1.54, 1.807) is 0 Å². The van der Waals surface area contributed by atoms with Crippen LogP contribution < -0.4 is 11.1 Å². The van der Waals surface area contributed by atoms with Crippen molar-refractivity contribution in [2.24, 2.45) is 11.7 Å². The van der Waals surface area contributed by atoms with Gasteiger partial charge in [0.2, 0.25) is 11.8 Å². The number of amides is 1. The standard InChI is InChI=1S/C9H16N4O2/c1-7(2-4-10)9(14)11-5-3-8-12-6-13-15-8/h6-7H,2-5,10H2,1H3,(H,11,14). The number of aromatic nitrogens is 2. The molecule has 0 saturated carbocycles. The Hall–Kier alpha value is -1.43. The van der Waals surface area contributed by atoms with E-state index in [1.165, 1.54) is 6.33 Å². The molecule has 84 valence electrons. The van der Waals surface area contributed by atoms with E-state index in [0.717, 1.165) is 0 Å². The highest BCUT2D eigenvalue weighted by Gasteiger charge is 2.11. The summed E-state index contributed by atoms with van der Waals surface area (Å²) < 4.78 is 4.79. The molecule has 3 N–H and O–H groups in total. The maximum absolute atomic E-state index is 11.4. The summed E-state index contributed by atoms with van der Waals surface area (Å²) in [7, 11) is 0. The second-order valence-corrected chi connectivity index (χ2v) is 3.35. The summed E-state index contributed by atoms with van der Waals surface area (Å²) in [5.74, 6) is 0.499. The third-order valence-electron chi connectivity index (χ3n) is 2.09. The highest BCUT2D eigenvalue weighted by atomic mass is 16.5. The van der Waals surface area contributed by atoms with Crippen molar-refractivity contribution in [3.05, 3.63) is 12.2 Å². The molecule has 0 saturated heterocycles. The number of rotatable bonds is 6. The van der Waals surface area contributed by atoms with Crippen LogP contribution in [-0.2, 0) is 11.2 Å². The number of carbonyl (C=O) groups is 1. The lowest BCUT2D eigenvalue weighted by Gasteiger charge is -2.09. The maximum Gasteiger partial charge on any atom is 0.228 e. The minimum Gasteiger partial charge on any atom is -0.355 e. The van der Waals surface area contributed by atoms with Crippen LogP contribution >= 0.6 is 0 Å². The molecule has 0 fully saturated rings. The molecule has 1 unspecified atom stereocenters. The molecule has 1 aromatic rings. The van der Waals surface area contributed by atoms with Crippen LogP contribution in [0.2, 0.25) is 0 Å². The molecule has 15 heavy (non-hydrogen) atoms. The van der Waals surface area contributed by atoms with E-state index in [9.17, 15) is 4.79 Å². The third kappa shape index (κ3) is 4.07. The topological polar surface area (TPSA) is 94.0 Å². The van der Waals surface area contributed by atoms with Crippen molar-refractivity contribution < 1.29 is 9.32 Å². The van der Waals surface area contributed by atoms with Gasteiger partial charge < -0.3 is 15.6 Å². The largest absolute Gasteiger partial charge is 0.355 e. The molecule has 1 aromatic heterocycles. The Labute approximate surface area is 88.2 Å². The van der Waals surface area contributed by atoms with Gasteiger partial charge in [-0.25, -0.2) is 0 Å². The van der Waals surface area contributed by atoms with Crippen LogP contribution in [0.4, 0.5) is 0 Å². The second kappa shape index (κ2) is 6.13. The zero-order valence-electron chi connectivity index (χ0n) is 8.77. The Bertz CT molecular complexity index is 286. The molecular formula is C9H16N4O2. The average Bonchev–Trinajstić information content (AvgIpc) is 2.71. The quantitative estimate of drug-likeness (QED) is 0.676. The van der Waals surface area contributed by atoms with Gasteiger partial charge in [0, 0.05) is 18.9 Å². The lowest BCUT2D eigenvalue weighted by molar-refractivity contribution is -0.124. The molecule has 6 nitrogen and oxygen atoms in total. The minimum atomic E-state index is -0.0438. The van der Waals surface area contributed by atoms with Crippen molar-refractivity contribution in [1.29, 1.82) is 0 Å². The fraction of sp³-hybridized carbons (Fsp3) is 0.667. The molecule has 6 heteroatoms. The summed E-state index contributed by atoms with van der Waals surface area (Å²) in [5, 5.41) is 6.25. The molecule has 1 atom stereocenters. The predicted octanol–water partition coefficient (Wildman–Crippen LogP) is -0.287. The summed E-state index contributed by atoms with van der Waals surface area (Å²) >= 11 is 0. The first-order chi connectivity index (χ1) is 7.24. The lowest BCUT2D eigenvalue weighted by Crippen LogP contribution is -2.31. The Balaban J connectivity index is 2.17. The van der Waals surface area contributed by atoms with Crippen molar-refractivity contribution in [3.63, 3.8) is 0 Å². The Morgan fingerprint density at radius 2 is 2.53 bits per heavy atom. The zero-order chi connectivity index (χ0) is 11.1. The van der Waals surface area contributed by atoms with Gasteiger partial charge in [-0.3, -0.25) is 4.79 Å². The van der Waals surface area contributed by atoms with Gasteiger partial charge in [0.25, 0.3) is 0 Å². The predicted molar refractivity (Wildman–Crippen MR) is 53.8 cm³/mol. The van der Waals surface area contributed by atoms with E-state index in [-0.39, 0.29) is 11.8 Å². The Kier molecular flexibility index (Phi) is 4.76. The van der Waals surface area contributed by atoms with E-state index >= 15 is 0 Å². The van der Waals surface area contributed by atoms with Gasteiger partial charge in [0.1, 0.15) is 0 Å². The average molecular weight is 212 g/mol. The summed E-state index contributed by atoms with van der Waals surface area (Å²) in [6, 6.07) is 0. The fourth-order valence-electron chi connectivity index (χ4n) is 1.15. The Morgan fingerprint density at radius 3 is 3.13 bits per heavy atom. The molecule has 1 amide bonds. The lowest BCUT2D eigenvalue weighted by atomic mass is 10.1. The number of nitrogens with one attached hydrogen (secondary N) is 1. The SMILES string of the molecule is CC(CCN)C(=O)NCCc1ncno1. The van der Waals surface area contributed by atoms with Crippen molar-refractivity contribution >= 4 is 5.91 Å². The second-order valence-electron chi connectivity index (χ2n) is 3.35. The van der Waals surface area contributed by atoms with Gasteiger partial charge in [-0.05, 0) is 13.0 Å². The van der Waals surface area contributed by atoms with Crippen LogP contribution in [0.5, 0.6) is 0 Å². The highest BCUT2D eigenvalue weighted by Crippen LogP contribution is 1.99. The van der Waals surface area contributed by atoms with Crippen LogP contribution in [0.25, 0.3) is 0 Å². The molecule has 1 rings (SSSR count). The van der Waals surface area contributed by atoms with Crippen LogP contribution in [0.3, 0.4) is 0 Å². The first-order valence-electron chi connectivity index (χ1n) is 4.97. The van der Waals surface area contributed by atoms with Gasteiger partial charge in [-0.1, -0.05) is 12.1 Å². The van der Waals surface area contributed by atoms with Gasteiger partial charge in [-0.2, -0.15) is 4.98 Å². The summed E-state index contributed by atoms with van der Waals surface area (Å²) in [6.45, 7) is 2.89. The van der Waals surface area contributed by atoms with E-state index in [0.29, 0.717) is 31.8 Å². The fourth-order valence-corrected chi connectivity index (χ4v) is 1.15. The summed E-state index contributed by atoms with van der Waals surface area (Å²) in [5.41, 5.74) is 5.36. The van der Waals surface area contributed by atoms with E-state index in [2.05, 4.69) is 15.5 Å². The highest BCUT2D eigenvalue weighted by molar-refractivity contribution is 5.78. The van der Waals surface area contributed by atoms with E-state index in [1.807, 2.05) is 6.92 Å². The van der Waals surface area contributed by atoms with Gasteiger partial charge in [-0.15, -0.1) is 0 Å². The van der Waals surface area contributed by atoms with Crippen LogP contribution in [0.15, 0.2) is 10.9 Å². The smallest absolute Gasteiger partial charge is 0.228 e. The Morgan fingerprint density at radius 1 is 1.73 bits per heavy atom. The van der Waals surface area contributed by atoms with Gasteiger partial charge >= 0.3 is 0 Å².